The summed E-state index contributed by atoms with van der Waals surface area (Å²) >= 11 is 0. The smallest absolute Gasteiger partial charge is 0.240 e. The lowest BCUT2D eigenvalue weighted by Crippen LogP contribution is -2.49. The minimum absolute atomic E-state index is 0.0199. The lowest BCUT2D eigenvalue weighted by molar-refractivity contribution is -0.131. The number of hydrogen-bond donors (Lipinski definition) is 1. The molecule has 2 aromatic carbocycles. The van der Waals surface area contributed by atoms with Gasteiger partial charge in [-0.3, -0.25) is 4.79 Å². The number of piperazine rings is 1. The molecule has 0 unspecified atom stereocenters. The average Bonchev–Trinajstić information content (AvgIpc) is 2.69. The van der Waals surface area contributed by atoms with Gasteiger partial charge >= 0.3 is 0 Å². The minimum atomic E-state index is -3.56. The van der Waals surface area contributed by atoms with Gasteiger partial charge in [0, 0.05) is 44.8 Å². The maximum atomic E-state index is 12.3. The van der Waals surface area contributed by atoms with Crippen LogP contribution in [-0.4, -0.2) is 51.9 Å². The number of nitrogens with one attached hydrogen (secondary N) is 1. The van der Waals surface area contributed by atoms with Crippen molar-refractivity contribution in [1.82, 2.24) is 9.62 Å². The molecule has 6 nitrogen and oxygen atoms in total. The number of rotatable bonds is 6. The van der Waals surface area contributed by atoms with Crippen LogP contribution in [-0.2, 0) is 14.8 Å². The van der Waals surface area contributed by atoms with E-state index < -0.39 is 10.0 Å². The molecule has 1 heterocycles. The van der Waals surface area contributed by atoms with Gasteiger partial charge in [-0.25, -0.2) is 13.1 Å². The topological polar surface area (TPSA) is 69.7 Å². The molecule has 138 valence electrons. The van der Waals surface area contributed by atoms with E-state index >= 15 is 0 Å². The molecule has 1 fully saturated rings. The second-order valence-electron chi connectivity index (χ2n) is 6.16. The Balaban J connectivity index is 1.45. The van der Waals surface area contributed by atoms with Crippen molar-refractivity contribution in [3.63, 3.8) is 0 Å². The zero-order chi connectivity index (χ0) is 18.4. The Hall–Kier alpha value is -2.38. The normalized spacial score (nSPS) is 15.1. The monoisotopic (exact) mass is 373 g/mol. The summed E-state index contributed by atoms with van der Waals surface area (Å²) in [5, 5.41) is 0. The molecule has 0 aliphatic carbocycles. The molecular formula is C19H23N3O3S. The standard InChI is InChI=1S/C19H23N3O3S/c23-19(11-12-20-26(24,25)18-9-5-2-6-10-18)22-15-13-21(14-16-22)17-7-3-1-4-8-17/h1-10,20H,11-16H2. The summed E-state index contributed by atoms with van der Waals surface area (Å²) in [4.78, 5) is 16.6. The number of amides is 1. The molecule has 1 saturated heterocycles. The first-order chi connectivity index (χ1) is 12.6. The number of carbonyl (C=O) groups is 1. The van der Waals surface area contributed by atoms with Crippen LogP contribution in [0.4, 0.5) is 5.69 Å². The lowest BCUT2D eigenvalue weighted by atomic mass is 10.2. The van der Waals surface area contributed by atoms with Crippen LogP contribution in [0.3, 0.4) is 0 Å². The third-order valence-electron chi connectivity index (χ3n) is 4.44. The minimum Gasteiger partial charge on any atom is -0.368 e. The Labute approximate surface area is 154 Å². The molecule has 0 spiro atoms. The van der Waals surface area contributed by atoms with Gasteiger partial charge in [0.1, 0.15) is 0 Å². The molecule has 26 heavy (non-hydrogen) atoms. The molecule has 1 aliphatic rings. The number of benzene rings is 2. The van der Waals surface area contributed by atoms with Gasteiger partial charge in [-0.1, -0.05) is 36.4 Å². The van der Waals surface area contributed by atoms with Crippen LogP contribution in [0.2, 0.25) is 0 Å². The fourth-order valence-corrected chi connectivity index (χ4v) is 4.04. The van der Waals surface area contributed by atoms with E-state index in [9.17, 15) is 13.2 Å². The van der Waals surface area contributed by atoms with Gasteiger partial charge in [0.05, 0.1) is 4.90 Å². The van der Waals surface area contributed by atoms with Gasteiger partial charge in [-0.05, 0) is 24.3 Å². The maximum absolute atomic E-state index is 12.3. The van der Waals surface area contributed by atoms with Crippen LogP contribution in [0.1, 0.15) is 6.42 Å². The largest absolute Gasteiger partial charge is 0.368 e. The van der Waals surface area contributed by atoms with Crippen molar-refractivity contribution in [2.45, 2.75) is 11.3 Å². The Morgan fingerprint density at radius 2 is 1.46 bits per heavy atom. The number of hydrogen-bond acceptors (Lipinski definition) is 4. The second kappa shape index (κ2) is 8.33. The van der Waals surface area contributed by atoms with Gasteiger partial charge < -0.3 is 9.80 Å². The highest BCUT2D eigenvalue weighted by molar-refractivity contribution is 7.89. The van der Waals surface area contributed by atoms with Crippen molar-refractivity contribution in [2.24, 2.45) is 0 Å². The summed E-state index contributed by atoms with van der Waals surface area (Å²) in [6.07, 6.45) is 0.164. The Morgan fingerprint density at radius 1 is 0.885 bits per heavy atom. The van der Waals surface area contributed by atoms with Crippen molar-refractivity contribution in [2.75, 3.05) is 37.6 Å². The van der Waals surface area contributed by atoms with E-state index in [1.54, 1.807) is 23.1 Å². The van der Waals surface area contributed by atoms with Crippen LogP contribution in [0.5, 0.6) is 0 Å². The average molecular weight is 373 g/mol. The lowest BCUT2D eigenvalue weighted by Gasteiger charge is -2.36. The fourth-order valence-electron chi connectivity index (χ4n) is 2.99. The predicted molar refractivity (Wildman–Crippen MR) is 101 cm³/mol. The molecule has 0 atom stereocenters. The van der Waals surface area contributed by atoms with Crippen molar-refractivity contribution in [3.05, 3.63) is 60.7 Å². The quantitative estimate of drug-likeness (QED) is 0.837. The summed E-state index contributed by atoms with van der Waals surface area (Å²) < 4.78 is 26.8. The van der Waals surface area contributed by atoms with Crippen molar-refractivity contribution < 1.29 is 13.2 Å². The van der Waals surface area contributed by atoms with Gasteiger partial charge in [0.15, 0.2) is 0 Å². The molecular weight excluding hydrogens is 350 g/mol. The van der Waals surface area contributed by atoms with E-state index in [0.717, 1.165) is 18.8 Å². The maximum Gasteiger partial charge on any atom is 0.240 e. The van der Waals surface area contributed by atoms with Crippen LogP contribution in [0.25, 0.3) is 0 Å². The first-order valence-electron chi connectivity index (χ1n) is 8.69. The van der Waals surface area contributed by atoms with Crippen LogP contribution < -0.4 is 9.62 Å². The van der Waals surface area contributed by atoms with E-state index in [4.69, 9.17) is 0 Å². The number of carbonyl (C=O) groups excluding carboxylic acids is 1. The molecule has 0 saturated carbocycles. The van der Waals surface area contributed by atoms with Crippen LogP contribution in [0.15, 0.2) is 65.6 Å². The molecule has 3 rings (SSSR count). The molecule has 0 bridgehead atoms. The summed E-state index contributed by atoms with van der Waals surface area (Å²) in [5.41, 5.74) is 1.16. The van der Waals surface area contributed by atoms with Crippen molar-refractivity contribution in [3.8, 4) is 0 Å². The Kier molecular flexibility index (Phi) is 5.90. The van der Waals surface area contributed by atoms with Crippen molar-refractivity contribution in [1.29, 1.82) is 0 Å². The molecule has 1 N–H and O–H groups in total. The zero-order valence-corrected chi connectivity index (χ0v) is 15.4. The number of para-hydroxylation sites is 1. The Bertz CT molecular complexity index is 818. The fraction of sp³-hybridized carbons (Fsp3) is 0.316. The molecule has 1 amide bonds. The highest BCUT2D eigenvalue weighted by Gasteiger charge is 2.21. The number of sulfonamides is 1. The molecule has 1 aliphatic heterocycles. The van der Waals surface area contributed by atoms with Gasteiger partial charge in [-0.15, -0.1) is 0 Å². The van der Waals surface area contributed by atoms with Crippen LogP contribution >= 0.6 is 0 Å². The zero-order valence-electron chi connectivity index (χ0n) is 14.5. The molecule has 0 aromatic heterocycles. The highest BCUT2D eigenvalue weighted by atomic mass is 32.2. The van der Waals surface area contributed by atoms with Crippen LogP contribution in [0, 0.1) is 0 Å². The first-order valence-corrected chi connectivity index (χ1v) is 10.2. The van der Waals surface area contributed by atoms with E-state index in [0.29, 0.717) is 13.1 Å². The SMILES string of the molecule is O=C(CCNS(=O)(=O)c1ccccc1)N1CCN(c2ccccc2)CC1. The van der Waals surface area contributed by atoms with Gasteiger partial charge in [-0.2, -0.15) is 0 Å². The van der Waals surface area contributed by atoms with E-state index in [-0.39, 0.29) is 23.8 Å². The van der Waals surface area contributed by atoms with Crippen molar-refractivity contribution >= 4 is 21.6 Å². The highest BCUT2D eigenvalue weighted by Crippen LogP contribution is 2.16. The third kappa shape index (κ3) is 4.62. The number of nitrogens with zero attached hydrogens (tertiary/aromatic N) is 2. The summed E-state index contributed by atoms with van der Waals surface area (Å²) in [6.45, 7) is 2.98. The van der Waals surface area contributed by atoms with Gasteiger partial charge in [0.25, 0.3) is 0 Å². The third-order valence-corrected chi connectivity index (χ3v) is 5.92. The molecule has 7 heteroatoms. The molecule has 2 aromatic rings. The first kappa shape index (κ1) is 18.4. The molecule has 0 radical (unpaired) electrons. The van der Waals surface area contributed by atoms with E-state index in [1.165, 1.54) is 12.1 Å². The summed E-state index contributed by atoms with van der Waals surface area (Å²) in [5.74, 6) is -0.0199. The summed E-state index contributed by atoms with van der Waals surface area (Å²) in [7, 11) is -3.56. The van der Waals surface area contributed by atoms with E-state index in [1.807, 2.05) is 18.2 Å². The summed E-state index contributed by atoms with van der Waals surface area (Å²) in [6, 6.07) is 18.3. The Morgan fingerprint density at radius 3 is 2.08 bits per heavy atom. The van der Waals surface area contributed by atoms with Gasteiger partial charge in [0.2, 0.25) is 15.9 Å². The predicted octanol–water partition coefficient (Wildman–Crippen LogP) is 1.70. The second-order valence-corrected chi connectivity index (χ2v) is 7.93. The van der Waals surface area contributed by atoms with E-state index in [2.05, 4.69) is 21.8 Å². The number of anilines is 1.